The van der Waals surface area contributed by atoms with Gasteiger partial charge in [0.1, 0.15) is 5.75 Å². The third-order valence-corrected chi connectivity index (χ3v) is 5.82. The molecule has 0 saturated carbocycles. The van der Waals surface area contributed by atoms with Gasteiger partial charge in [-0.3, -0.25) is 4.90 Å². The van der Waals surface area contributed by atoms with Crippen LogP contribution in [0.15, 0.2) is 30.3 Å². The molecular formula is C22H27NO5. The monoisotopic (exact) mass is 385 g/mol. The van der Waals surface area contributed by atoms with E-state index in [0.717, 1.165) is 30.0 Å². The Kier molecular flexibility index (Phi) is 4.98. The number of phenols is 1. The van der Waals surface area contributed by atoms with Gasteiger partial charge in [0.2, 0.25) is 6.79 Å². The van der Waals surface area contributed by atoms with Gasteiger partial charge in [-0.25, -0.2) is 0 Å². The molecule has 0 amide bonds. The van der Waals surface area contributed by atoms with Crippen molar-refractivity contribution in [1.29, 1.82) is 0 Å². The van der Waals surface area contributed by atoms with Crippen molar-refractivity contribution in [3.63, 3.8) is 0 Å². The molecule has 150 valence electrons. The van der Waals surface area contributed by atoms with E-state index in [2.05, 4.69) is 25.7 Å². The van der Waals surface area contributed by atoms with Gasteiger partial charge in [-0.15, -0.1) is 0 Å². The van der Waals surface area contributed by atoms with E-state index in [4.69, 9.17) is 18.9 Å². The first-order valence-corrected chi connectivity index (χ1v) is 9.79. The summed E-state index contributed by atoms with van der Waals surface area (Å²) in [5.74, 6) is 2.85. The van der Waals surface area contributed by atoms with Crippen LogP contribution in [-0.2, 0) is 0 Å². The molecule has 3 atom stereocenters. The summed E-state index contributed by atoms with van der Waals surface area (Å²) in [6.07, 6.45) is -0.113. The van der Waals surface area contributed by atoms with Gasteiger partial charge >= 0.3 is 0 Å². The second kappa shape index (κ2) is 7.43. The van der Waals surface area contributed by atoms with Crippen LogP contribution in [0, 0.1) is 5.92 Å². The van der Waals surface area contributed by atoms with E-state index in [1.165, 1.54) is 0 Å². The number of phenolic OH excluding ortho intramolecular Hbond substituents is 1. The van der Waals surface area contributed by atoms with Gasteiger partial charge in [-0.05, 0) is 25.2 Å². The Bertz CT molecular complexity index is 864. The zero-order valence-electron chi connectivity index (χ0n) is 16.8. The van der Waals surface area contributed by atoms with Crippen molar-refractivity contribution in [2.75, 3.05) is 27.0 Å². The standard InChI is InChI=1S/C22H27NO5/c1-5-23(6-2)22-13(3)20(14-8-7-9-16(25-4)21(14)24)15-10-18-19(27-12-26-18)11-17(15)28-22/h7-11,13,20,22,24H,5-6,12H2,1-4H3/t13-,20+,22+/m0/s1. The zero-order chi connectivity index (χ0) is 19.8. The zero-order valence-corrected chi connectivity index (χ0v) is 16.8. The highest BCUT2D eigenvalue weighted by Crippen LogP contribution is 2.52. The lowest BCUT2D eigenvalue weighted by molar-refractivity contribution is -0.0259. The van der Waals surface area contributed by atoms with Crippen molar-refractivity contribution in [3.05, 3.63) is 41.5 Å². The Morgan fingerprint density at radius 2 is 1.79 bits per heavy atom. The van der Waals surface area contributed by atoms with Crippen molar-refractivity contribution < 1.29 is 24.1 Å². The molecule has 0 saturated heterocycles. The summed E-state index contributed by atoms with van der Waals surface area (Å²) in [7, 11) is 1.57. The first-order chi connectivity index (χ1) is 13.6. The summed E-state index contributed by atoms with van der Waals surface area (Å²) in [4.78, 5) is 2.29. The van der Waals surface area contributed by atoms with Gasteiger partial charge in [-0.1, -0.05) is 32.9 Å². The van der Waals surface area contributed by atoms with Gasteiger partial charge in [-0.2, -0.15) is 0 Å². The summed E-state index contributed by atoms with van der Waals surface area (Å²) in [5, 5.41) is 10.9. The molecule has 2 aromatic carbocycles. The number of hydrogen-bond donors (Lipinski definition) is 1. The molecule has 2 heterocycles. The predicted molar refractivity (Wildman–Crippen MR) is 106 cm³/mol. The lowest BCUT2D eigenvalue weighted by Crippen LogP contribution is -2.48. The van der Waals surface area contributed by atoms with Crippen molar-refractivity contribution in [3.8, 4) is 28.7 Å². The normalized spacial score (nSPS) is 22.7. The molecule has 0 spiro atoms. The van der Waals surface area contributed by atoms with Gasteiger partial charge in [0.15, 0.2) is 29.2 Å². The Labute approximate surface area is 165 Å². The summed E-state index contributed by atoms with van der Waals surface area (Å²) in [5.41, 5.74) is 1.82. The van der Waals surface area contributed by atoms with Crippen molar-refractivity contribution >= 4 is 0 Å². The predicted octanol–water partition coefficient (Wildman–Crippen LogP) is 3.96. The lowest BCUT2D eigenvalue weighted by Gasteiger charge is -2.43. The largest absolute Gasteiger partial charge is 0.504 e. The first-order valence-electron chi connectivity index (χ1n) is 9.79. The first kappa shape index (κ1) is 18.7. The molecule has 1 N–H and O–H groups in total. The highest BCUT2D eigenvalue weighted by molar-refractivity contribution is 5.59. The van der Waals surface area contributed by atoms with Crippen LogP contribution in [0.2, 0.25) is 0 Å². The lowest BCUT2D eigenvalue weighted by atomic mass is 9.77. The van der Waals surface area contributed by atoms with E-state index in [1.54, 1.807) is 13.2 Å². The van der Waals surface area contributed by atoms with Gasteiger partial charge in [0, 0.05) is 29.0 Å². The van der Waals surface area contributed by atoms with E-state index in [1.807, 2.05) is 24.3 Å². The number of aromatic hydroxyl groups is 1. The van der Waals surface area contributed by atoms with Crippen LogP contribution in [0.1, 0.15) is 37.8 Å². The fraction of sp³-hybridized carbons (Fsp3) is 0.455. The molecule has 0 fully saturated rings. The number of methoxy groups -OCH3 is 1. The molecule has 0 unspecified atom stereocenters. The van der Waals surface area contributed by atoms with Gasteiger partial charge < -0.3 is 24.1 Å². The summed E-state index contributed by atoms with van der Waals surface area (Å²) >= 11 is 0. The SMILES string of the molecule is CCN(CC)[C@@H]1Oc2cc3c(cc2[C@@H](c2cccc(OC)c2O)[C@@H]1C)OCO3. The third kappa shape index (κ3) is 2.92. The Morgan fingerprint density at radius 1 is 1.07 bits per heavy atom. The Balaban J connectivity index is 1.88. The maximum Gasteiger partial charge on any atom is 0.231 e. The van der Waals surface area contributed by atoms with Crippen LogP contribution in [0.3, 0.4) is 0 Å². The van der Waals surface area contributed by atoms with Crippen LogP contribution in [0.25, 0.3) is 0 Å². The molecule has 0 aliphatic carbocycles. The average Bonchev–Trinajstić information content (AvgIpc) is 3.16. The number of nitrogens with zero attached hydrogens (tertiary/aromatic N) is 1. The number of benzene rings is 2. The summed E-state index contributed by atoms with van der Waals surface area (Å²) in [6, 6.07) is 9.53. The molecule has 6 nitrogen and oxygen atoms in total. The smallest absolute Gasteiger partial charge is 0.231 e. The van der Waals surface area contributed by atoms with Crippen LogP contribution in [0.5, 0.6) is 28.7 Å². The quantitative estimate of drug-likeness (QED) is 0.841. The van der Waals surface area contributed by atoms with Crippen LogP contribution >= 0.6 is 0 Å². The molecule has 4 rings (SSSR count). The molecule has 0 radical (unpaired) electrons. The minimum Gasteiger partial charge on any atom is -0.504 e. The average molecular weight is 385 g/mol. The van der Waals surface area contributed by atoms with Crippen LogP contribution in [-0.4, -0.2) is 43.2 Å². The second-order valence-corrected chi connectivity index (χ2v) is 7.21. The molecular weight excluding hydrogens is 358 g/mol. The summed E-state index contributed by atoms with van der Waals surface area (Å²) in [6.45, 7) is 8.40. The van der Waals surface area contributed by atoms with Crippen molar-refractivity contribution in [2.24, 2.45) is 5.92 Å². The molecule has 2 aliphatic heterocycles. The topological polar surface area (TPSA) is 60.4 Å². The van der Waals surface area contributed by atoms with E-state index in [9.17, 15) is 5.11 Å². The molecule has 0 aromatic heterocycles. The second-order valence-electron chi connectivity index (χ2n) is 7.21. The van der Waals surface area contributed by atoms with Crippen LogP contribution < -0.4 is 18.9 Å². The third-order valence-electron chi connectivity index (χ3n) is 5.82. The van der Waals surface area contributed by atoms with E-state index in [0.29, 0.717) is 17.2 Å². The maximum atomic E-state index is 10.9. The van der Waals surface area contributed by atoms with E-state index in [-0.39, 0.29) is 30.6 Å². The molecule has 6 heteroatoms. The molecule has 28 heavy (non-hydrogen) atoms. The fourth-order valence-corrected chi connectivity index (χ4v) is 4.37. The number of ether oxygens (including phenoxy) is 4. The Hall–Kier alpha value is -2.60. The molecule has 2 aliphatic rings. The number of para-hydroxylation sites is 1. The molecule has 0 bridgehead atoms. The van der Waals surface area contributed by atoms with Crippen molar-refractivity contribution in [1.82, 2.24) is 4.90 Å². The summed E-state index contributed by atoms with van der Waals surface area (Å²) < 4.78 is 22.9. The minimum absolute atomic E-state index is 0.0704. The maximum absolute atomic E-state index is 10.9. The van der Waals surface area contributed by atoms with Crippen molar-refractivity contribution in [2.45, 2.75) is 32.9 Å². The van der Waals surface area contributed by atoms with E-state index >= 15 is 0 Å². The minimum atomic E-state index is -0.113. The van der Waals surface area contributed by atoms with E-state index < -0.39 is 0 Å². The van der Waals surface area contributed by atoms with Gasteiger partial charge in [0.05, 0.1) is 7.11 Å². The van der Waals surface area contributed by atoms with Gasteiger partial charge in [0.25, 0.3) is 0 Å². The van der Waals surface area contributed by atoms with Crippen LogP contribution in [0.4, 0.5) is 0 Å². The highest BCUT2D eigenvalue weighted by Gasteiger charge is 2.41. The number of fused-ring (bicyclic) bond motifs is 2. The Morgan fingerprint density at radius 3 is 2.46 bits per heavy atom. The fourth-order valence-electron chi connectivity index (χ4n) is 4.37. The number of hydrogen-bond acceptors (Lipinski definition) is 6. The highest BCUT2D eigenvalue weighted by atomic mass is 16.7. The number of rotatable bonds is 5. The molecule has 2 aromatic rings.